The fourth-order valence-corrected chi connectivity index (χ4v) is 4.20. The number of likely N-dealkylation sites (N-methyl/N-ethyl adjacent to an activating group) is 1. The Labute approximate surface area is 185 Å². The molecule has 0 aliphatic rings. The first-order valence-corrected chi connectivity index (χ1v) is 10.5. The van der Waals surface area contributed by atoms with Crippen LogP contribution in [-0.2, 0) is 17.8 Å². The second kappa shape index (κ2) is 8.44. The molecule has 0 atom stereocenters. The predicted molar refractivity (Wildman–Crippen MR) is 117 cm³/mol. The lowest BCUT2D eigenvalue weighted by molar-refractivity contribution is -0.384. The summed E-state index contributed by atoms with van der Waals surface area (Å²) in [6.45, 7) is 0.150. The normalized spacial score (nSPS) is 11.1. The molecule has 4 rings (SSSR count). The van der Waals surface area contributed by atoms with Crippen LogP contribution in [0.3, 0.4) is 0 Å². The number of rotatable bonds is 6. The van der Waals surface area contributed by atoms with Crippen molar-refractivity contribution in [2.45, 2.75) is 13.0 Å². The molecule has 7 nitrogen and oxygen atoms in total. The standard InChI is InChI=1S/C21H16ClFN4O3S/c1-25(10-14-8-16(27(29)30)6-7-18(14)22)20(28)9-17-12-31-21-24-19(11-26(17)21)13-2-4-15(23)5-3-13/h2-8,11-12H,9-10H2,1H3. The quantitative estimate of drug-likeness (QED) is 0.302. The van der Waals surface area contributed by atoms with Crippen LogP contribution in [0, 0.1) is 15.9 Å². The van der Waals surface area contributed by atoms with Gasteiger partial charge in [0.05, 0.1) is 17.0 Å². The van der Waals surface area contributed by atoms with Crippen LogP contribution in [0.1, 0.15) is 11.3 Å². The minimum atomic E-state index is -0.499. The highest BCUT2D eigenvalue weighted by molar-refractivity contribution is 7.15. The molecule has 0 saturated heterocycles. The van der Waals surface area contributed by atoms with Gasteiger partial charge in [0.2, 0.25) is 5.91 Å². The summed E-state index contributed by atoms with van der Waals surface area (Å²) in [7, 11) is 1.62. The minimum absolute atomic E-state index is 0.0773. The molecule has 158 valence electrons. The van der Waals surface area contributed by atoms with Gasteiger partial charge < -0.3 is 4.90 Å². The molecule has 2 aromatic carbocycles. The number of carbonyl (C=O) groups is 1. The molecule has 2 heterocycles. The van der Waals surface area contributed by atoms with E-state index in [1.807, 2.05) is 16.0 Å². The van der Waals surface area contributed by atoms with Crippen LogP contribution < -0.4 is 0 Å². The second-order valence-corrected chi connectivity index (χ2v) is 8.22. The number of amides is 1. The van der Waals surface area contributed by atoms with Gasteiger partial charge in [-0.1, -0.05) is 11.6 Å². The predicted octanol–water partition coefficient (Wildman–Crippen LogP) is 4.96. The van der Waals surface area contributed by atoms with Crippen LogP contribution in [-0.4, -0.2) is 32.2 Å². The van der Waals surface area contributed by atoms with Crippen molar-refractivity contribution in [3.63, 3.8) is 0 Å². The lowest BCUT2D eigenvalue weighted by Crippen LogP contribution is -2.28. The van der Waals surface area contributed by atoms with Gasteiger partial charge in [-0.05, 0) is 35.9 Å². The van der Waals surface area contributed by atoms with Gasteiger partial charge in [-0.2, -0.15) is 0 Å². The molecule has 0 radical (unpaired) electrons. The summed E-state index contributed by atoms with van der Waals surface area (Å²) in [5, 5.41) is 13.2. The van der Waals surface area contributed by atoms with E-state index in [9.17, 15) is 19.3 Å². The van der Waals surface area contributed by atoms with Crippen LogP contribution in [0.4, 0.5) is 10.1 Å². The summed E-state index contributed by atoms with van der Waals surface area (Å²) in [5.41, 5.74) is 2.67. The number of thiazole rings is 1. The molecule has 0 spiro atoms. The maximum absolute atomic E-state index is 13.2. The molecule has 0 aliphatic carbocycles. The van der Waals surface area contributed by atoms with Gasteiger partial charge in [0.25, 0.3) is 5.69 Å². The maximum atomic E-state index is 13.2. The molecule has 0 fully saturated rings. The number of halogens is 2. The third-order valence-electron chi connectivity index (χ3n) is 4.83. The lowest BCUT2D eigenvalue weighted by atomic mass is 10.1. The first-order chi connectivity index (χ1) is 14.8. The fraction of sp³-hybridized carbons (Fsp3) is 0.143. The summed E-state index contributed by atoms with van der Waals surface area (Å²) in [6, 6.07) is 10.2. The van der Waals surface area contributed by atoms with Crippen molar-refractivity contribution in [2.24, 2.45) is 0 Å². The Morgan fingerprint density at radius 3 is 2.74 bits per heavy atom. The van der Waals surface area contributed by atoms with Crippen molar-refractivity contribution < 1.29 is 14.1 Å². The Balaban J connectivity index is 1.51. The SMILES string of the molecule is CN(Cc1cc([N+](=O)[O-])ccc1Cl)C(=O)Cc1csc2nc(-c3ccc(F)cc3)cn12. The number of hydrogen-bond acceptors (Lipinski definition) is 5. The number of nitrogens with zero attached hydrogens (tertiary/aromatic N) is 4. The van der Waals surface area contributed by atoms with Crippen molar-refractivity contribution in [1.29, 1.82) is 0 Å². The van der Waals surface area contributed by atoms with Gasteiger partial charge in [-0.3, -0.25) is 19.3 Å². The number of benzene rings is 2. The van der Waals surface area contributed by atoms with E-state index in [-0.39, 0.29) is 30.4 Å². The van der Waals surface area contributed by atoms with Gasteiger partial charge in [-0.25, -0.2) is 9.37 Å². The number of aromatic nitrogens is 2. The topological polar surface area (TPSA) is 80.8 Å². The average Bonchev–Trinajstić information content (AvgIpc) is 3.32. The number of non-ortho nitro benzene ring substituents is 1. The van der Waals surface area contributed by atoms with Gasteiger partial charge in [0.1, 0.15) is 5.82 Å². The summed E-state index contributed by atoms with van der Waals surface area (Å²) in [5.74, 6) is -0.484. The number of nitro benzene ring substituents is 1. The largest absolute Gasteiger partial charge is 0.341 e. The summed E-state index contributed by atoms with van der Waals surface area (Å²) in [4.78, 5) is 30.0. The van der Waals surface area contributed by atoms with Crippen LogP contribution in [0.15, 0.2) is 54.0 Å². The summed E-state index contributed by atoms with van der Waals surface area (Å²) < 4.78 is 15.0. The molecule has 0 N–H and O–H groups in total. The molecule has 0 aliphatic heterocycles. The maximum Gasteiger partial charge on any atom is 0.269 e. The van der Waals surface area contributed by atoms with E-state index in [0.29, 0.717) is 16.3 Å². The molecular formula is C21H16ClFN4O3S. The van der Waals surface area contributed by atoms with Crippen molar-refractivity contribution in [1.82, 2.24) is 14.3 Å². The first-order valence-electron chi connectivity index (χ1n) is 9.20. The second-order valence-electron chi connectivity index (χ2n) is 6.97. The zero-order valence-corrected chi connectivity index (χ0v) is 17.9. The van der Waals surface area contributed by atoms with Crippen LogP contribution in [0.2, 0.25) is 5.02 Å². The number of nitro groups is 1. The fourth-order valence-electron chi connectivity index (χ4n) is 3.15. The van der Waals surface area contributed by atoms with Crippen molar-refractivity contribution >= 4 is 39.5 Å². The molecule has 2 aromatic heterocycles. The summed E-state index contributed by atoms with van der Waals surface area (Å²) >= 11 is 7.56. The Morgan fingerprint density at radius 1 is 1.29 bits per heavy atom. The van der Waals surface area contributed by atoms with Crippen molar-refractivity contribution in [3.05, 3.63) is 86.3 Å². The molecule has 0 unspecified atom stereocenters. The third kappa shape index (κ3) is 4.42. The zero-order chi connectivity index (χ0) is 22.1. The van der Waals surface area contributed by atoms with E-state index >= 15 is 0 Å². The van der Waals surface area contributed by atoms with Crippen molar-refractivity contribution in [2.75, 3.05) is 7.05 Å². The Bertz CT molecular complexity index is 1290. The van der Waals surface area contributed by atoms with E-state index in [4.69, 9.17) is 11.6 Å². The third-order valence-corrected chi connectivity index (χ3v) is 6.09. The van der Waals surface area contributed by atoms with Gasteiger partial charge >= 0.3 is 0 Å². The molecular weight excluding hydrogens is 443 g/mol. The van der Waals surface area contributed by atoms with Gasteiger partial charge in [-0.15, -0.1) is 11.3 Å². The number of fused-ring (bicyclic) bond motifs is 1. The highest BCUT2D eigenvalue weighted by Crippen LogP contribution is 2.26. The monoisotopic (exact) mass is 458 g/mol. The van der Waals surface area contributed by atoms with E-state index < -0.39 is 4.92 Å². The first kappa shape index (κ1) is 21.0. The Morgan fingerprint density at radius 2 is 2.03 bits per heavy atom. The Hall–Kier alpha value is -3.30. The molecule has 0 saturated carbocycles. The van der Waals surface area contributed by atoms with Crippen molar-refractivity contribution in [3.8, 4) is 11.3 Å². The molecule has 0 bridgehead atoms. The van der Waals surface area contributed by atoms with E-state index in [2.05, 4.69) is 4.98 Å². The average molecular weight is 459 g/mol. The number of hydrogen-bond donors (Lipinski definition) is 0. The lowest BCUT2D eigenvalue weighted by Gasteiger charge is -2.18. The highest BCUT2D eigenvalue weighted by atomic mass is 35.5. The van der Waals surface area contributed by atoms with E-state index in [1.165, 1.54) is 46.6 Å². The molecule has 10 heteroatoms. The van der Waals surface area contributed by atoms with Crippen LogP contribution >= 0.6 is 22.9 Å². The number of imidazole rings is 1. The smallest absolute Gasteiger partial charge is 0.269 e. The highest BCUT2D eigenvalue weighted by Gasteiger charge is 2.18. The van der Waals surface area contributed by atoms with Gasteiger partial charge in [0.15, 0.2) is 4.96 Å². The summed E-state index contributed by atoms with van der Waals surface area (Å²) in [6.07, 6.45) is 1.95. The van der Waals surface area contributed by atoms with E-state index in [0.717, 1.165) is 16.2 Å². The molecule has 1 amide bonds. The Kier molecular flexibility index (Phi) is 5.71. The van der Waals surface area contributed by atoms with Gasteiger partial charge in [0, 0.05) is 53.6 Å². The van der Waals surface area contributed by atoms with Crippen LogP contribution in [0.5, 0.6) is 0 Å². The minimum Gasteiger partial charge on any atom is -0.341 e. The number of carbonyl (C=O) groups excluding carboxylic acids is 1. The van der Waals surface area contributed by atoms with Crippen LogP contribution in [0.25, 0.3) is 16.2 Å². The molecule has 4 aromatic rings. The molecule has 31 heavy (non-hydrogen) atoms. The zero-order valence-electron chi connectivity index (χ0n) is 16.3. The van der Waals surface area contributed by atoms with E-state index in [1.54, 1.807) is 19.2 Å².